The van der Waals surface area contributed by atoms with Crippen LogP contribution in [0, 0.1) is 0 Å². The zero-order valence-electron chi connectivity index (χ0n) is 10.5. The lowest BCUT2D eigenvalue weighted by atomic mass is 10.1. The summed E-state index contributed by atoms with van der Waals surface area (Å²) in [6.45, 7) is 1.57. The number of amides is 1. The van der Waals surface area contributed by atoms with Gasteiger partial charge < -0.3 is 20.5 Å². The van der Waals surface area contributed by atoms with E-state index in [2.05, 4.69) is 10.1 Å². The third-order valence-corrected chi connectivity index (χ3v) is 2.37. The molecule has 1 unspecified atom stereocenters. The van der Waals surface area contributed by atoms with Crippen LogP contribution in [0.3, 0.4) is 0 Å². The van der Waals surface area contributed by atoms with Crippen LogP contribution in [0.4, 0.5) is 5.69 Å². The van der Waals surface area contributed by atoms with E-state index in [9.17, 15) is 9.59 Å². The molecule has 0 radical (unpaired) electrons. The summed E-state index contributed by atoms with van der Waals surface area (Å²) < 4.78 is 10.0. The highest BCUT2D eigenvalue weighted by molar-refractivity contribution is 5.98. The van der Waals surface area contributed by atoms with E-state index in [1.807, 2.05) is 0 Å². The number of hydrogen-bond acceptors (Lipinski definition) is 5. The molecular formula is C12H16N2O4. The molecule has 18 heavy (non-hydrogen) atoms. The van der Waals surface area contributed by atoms with E-state index in [-0.39, 0.29) is 22.9 Å². The quantitative estimate of drug-likeness (QED) is 0.604. The molecule has 0 aliphatic carbocycles. The van der Waals surface area contributed by atoms with Gasteiger partial charge in [0.1, 0.15) is 11.3 Å². The summed E-state index contributed by atoms with van der Waals surface area (Å²) in [6.07, 6.45) is -0.736. The van der Waals surface area contributed by atoms with Gasteiger partial charge >= 0.3 is 5.97 Å². The molecule has 1 aromatic carbocycles. The smallest absolute Gasteiger partial charge is 0.343 e. The molecule has 1 atom stereocenters. The lowest BCUT2D eigenvalue weighted by Gasteiger charge is -2.16. The predicted octanol–water partition coefficient (Wildman–Crippen LogP) is 0.569. The summed E-state index contributed by atoms with van der Waals surface area (Å²) in [5.74, 6) is -0.682. The Morgan fingerprint density at radius 1 is 1.39 bits per heavy atom. The molecule has 6 nitrogen and oxygen atoms in total. The molecule has 6 heteroatoms. The molecular weight excluding hydrogens is 236 g/mol. The van der Waals surface area contributed by atoms with Crippen molar-refractivity contribution in [1.82, 2.24) is 5.32 Å². The highest BCUT2D eigenvalue weighted by Crippen LogP contribution is 2.26. The maximum absolute atomic E-state index is 11.6. The van der Waals surface area contributed by atoms with Gasteiger partial charge in [0.2, 0.25) is 0 Å². The summed E-state index contributed by atoms with van der Waals surface area (Å²) in [7, 11) is 2.75. The standard InChI is InChI=1S/C12H16N2O4/c1-7(11(15)14-2)18-9-6-4-5-8(13)10(9)12(16)17-3/h4-7H,13H2,1-3H3,(H,14,15). The summed E-state index contributed by atoms with van der Waals surface area (Å²) in [4.78, 5) is 23.0. The summed E-state index contributed by atoms with van der Waals surface area (Å²) >= 11 is 0. The SMILES string of the molecule is CNC(=O)C(C)Oc1cccc(N)c1C(=O)OC. The van der Waals surface area contributed by atoms with Crippen LogP contribution in [-0.4, -0.2) is 32.1 Å². The maximum atomic E-state index is 11.6. The van der Waals surface area contributed by atoms with Crippen LogP contribution in [0.15, 0.2) is 18.2 Å². The van der Waals surface area contributed by atoms with E-state index >= 15 is 0 Å². The molecule has 0 saturated heterocycles. The number of nitrogens with two attached hydrogens (primary N) is 1. The topological polar surface area (TPSA) is 90.6 Å². The van der Waals surface area contributed by atoms with Gasteiger partial charge in [-0.3, -0.25) is 4.79 Å². The summed E-state index contributed by atoms with van der Waals surface area (Å²) in [5, 5.41) is 2.45. The van der Waals surface area contributed by atoms with Crippen molar-refractivity contribution in [3.8, 4) is 5.75 Å². The molecule has 0 heterocycles. The molecule has 0 fully saturated rings. The molecule has 0 aliphatic heterocycles. The number of ether oxygens (including phenoxy) is 2. The van der Waals surface area contributed by atoms with Crippen LogP contribution in [0.25, 0.3) is 0 Å². The Bertz CT molecular complexity index is 459. The second kappa shape index (κ2) is 5.90. The predicted molar refractivity (Wildman–Crippen MR) is 66.4 cm³/mol. The minimum absolute atomic E-state index is 0.121. The molecule has 98 valence electrons. The fourth-order valence-corrected chi connectivity index (χ4v) is 1.41. The van der Waals surface area contributed by atoms with Crippen LogP contribution in [0.2, 0.25) is 0 Å². The molecule has 1 amide bonds. The number of nitrogens with one attached hydrogen (secondary N) is 1. The van der Waals surface area contributed by atoms with Gasteiger partial charge in [-0.15, -0.1) is 0 Å². The normalized spacial score (nSPS) is 11.5. The van der Waals surface area contributed by atoms with Crippen molar-refractivity contribution in [2.45, 2.75) is 13.0 Å². The minimum atomic E-state index is -0.736. The van der Waals surface area contributed by atoms with Crippen LogP contribution < -0.4 is 15.8 Å². The van der Waals surface area contributed by atoms with E-state index in [4.69, 9.17) is 10.5 Å². The van der Waals surface area contributed by atoms with Crippen LogP contribution in [0.5, 0.6) is 5.75 Å². The summed E-state index contributed by atoms with van der Waals surface area (Å²) in [5.41, 5.74) is 6.06. The number of methoxy groups -OCH3 is 1. The fourth-order valence-electron chi connectivity index (χ4n) is 1.41. The Kier molecular flexibility index (Phi) is 4.53. The Labute approximate surface area is 105 Å². The Balaban J connectivity index is 3.05. The number of hydrogen-bond donors (Lipinski definition) is 2. The fraction of sp³-hybridized carbons (Fsp3) is 0.333. The van der Waals surface area contributed by atoms with E-state index in [0.717, 1.165) is 0 Å². The van der Waals surface area contributed by atoms with Gasteiger partial charge in [-0.05, 0) is 19.1 Å². The van der Waals surface area contributed by atoms with E-state index in [0.29, 0.717) is 0 Å². The average Bonchev–Trinajstić information content (AvgIpc) is 2.37. The Hall–Kier alpha value is -2.24. The molecule has 0 spiro atoms. The summed E-state index contributed by atoms with van der Waals surface area (Å²) in [6, 6.07) is 4.75. The zero-order chi connectivity index (χ0) is 13.7. The van der Waals surface area contributed by atoms with Gasteiger partial charge in [0.25, 0.3) is 5.91 Å². The van der Waals surface area contributed by atoms with Gasteiger partial charge in [-0.2, -0.15) is 0 Å². The first-order chi connectivity index (χ1) is 8.51. The Morgan fingerprint density at radius 3 is 2.61 bits per heavy atom. The molecule has 1 aromatic rings. The van der Waals surface area contributed by atoms with Crippen molar-refractivity contribution < 1.29 is 19.1 Å². The number of carbonyl (C=O) groups excluding carboxylic acids is 2. The second-order valence-electron chi connectivity index (χ2n) is 3.59. The largest absolute Gasteiger partial charge is 0.480 e. The van der Waals surface area contributed by atoms with Gasteiger partial charge in [-0.1, -0.05) is 6.07 Å². The number of carbonyl (C=O) groups is 2. The molecule has 0 aromatic heterocycles. The van der Waals surface area contributed by atoms with Crippen molar-refractivity contribution >= 4 is 17.6 Å². The number of likely N-dealkylation sites (N-methyl/N-ethyl adjacent to an activating group) is 1. The first-order valence-corrected chi connectivity index (χ1v) is 5.36. The monoisotopic (exact) mass is 252 g/mol. The van der Waals surface area contributed by atoms with E-state index < -0.39 is 12.1 Å². The second-order valence-corrected chi connectivity index (χ2v) is 3.59. The lowest BCUT2D eigenvalue weighted by Crippen LogP contribution is -2.34. The highest BCUT2D eigenvalue weighted by atomic mass is 16.5. The number of nitrogen functional groups attached to an aromatic ring is 1. The van der Waals surface area contributed by atoms with Crippen molar-refractivity contribution in [3.63, 3.8) is 0 Å². The number of anilines is 1. The molecule has 0 saturated carbocycles. The molecule has 0 aliphatic rings. The van der Waals surface area contributed by atoms with Gasteiger partial charge in [-0.25, -0.2) is 4.79 Å². The van der Waals surface area contributed by atoms with Crippen LogP contribution in [-0.2, 0) is 9.53 Å². The number of rotatable bonds is 4. The average molecular weight is 252 g/mol. The number of benzene rings is 1. The van der Waals surface area contributed by atoms with E-state index in [1.165, 1.54) is 14.2 Å². The maximum Gasteiger partial charge on any atom is 0.343 e. The van der Waals surface area contributed by atoms with Crippen molar-refractivity contribution in [1.29, 1.82) is 0 Å². The van der Waals surface area contributed by atoms with Crippen LogP contribution >= 0.6 is 0 Å². The first kappa shape index (κ1) is 13.8. The number of esters is 1. The molecule has 1 rings (SSSR count). The van der Waals surface area contributed by atoms with Crippen molar-refractivity contribution in [3.05, 3.63) is 23.8 Å². The minimum Gasteiger partial charge on any atom is -0.480 e. The third-order valence-electron chi connectivity index (χ3n) is 2.37. The van der Waals surface area contributed by atoms with Gasteiger partial charge in [0.15, 0.2) is 6.10 Å². The first-order valence-electron chi connectivity index (χ1n) is 5.36. The lowest BCUT2D eigenvalue weighted by molar-refractivity contribution is -0.126. The highest BCUT2D eigenvalue weighted by Gasteiger charge is 2.20. The van der Waals surface area contributed by atoms with Gasteiger partial charge in [0.05, 0.1) is 7.11 Å². The Morgan fingerprint density at radius 2 is 2.06 bits per heavy atom. The molecule has 3 N–H and O–H groups in total. The van der Waals surface area contributed by atoms with Crippen molar-refractivity contribution in [2.75, 3.05) is 19.9 Å². The van der Waals surface area contributed by atoms with Crippen molar-refractivity contribution in [2.24, 2.45) is 0 Å². The van der Waals surface area contributed by atoms with Gasteiger partial charge in [0, 0.05) is 12.7 Å². The van der Waals surface area contributed by atoms with Crippen LogP contribution in [0.1, 0.15) is 17.3 Å². The third kappa shape index (κ3) is 2.91. The molecule has 0 bridgehead atoms. The van der Waals surface area contributed by atoms with E-state index in [1.54, 1.807) is 25.1 Å². The zero-order valence-corrected chi connectivity index (χ0v) is 10.5.